The third kappa shape index (κ3) is 4.38. The van der Waals surface area contributed by atoms with Gasteiger partial charge in [0.05, 0.1) is 7.11 Å². The second-order valence-electron chi connectivity index (χ2n) is 5.97. The largest absolute Gasteiger partial charge is 0.497 e. The van der Waals surface area contributed by atoms with Crippen molar-refractivity contribution in [1.29, 1.82) is 0 Å². The average Bonchev–Trinajstić information content (AvgIpc) is 3.30. The van der Waals surface area contributed by atoms with E-state index in [1.807, 2.05) is 6.07 Å². The number of carbonyl (C=O) groups is 1. The number of ether oxygens (including phenoxy) is 2. The molecule has 0 aliphatic carbocycles. The lowest BCUT2D eigenvalue weighted by atomic mass is 10.2. The summed E-state index contributed by atoms with van der Waals surface area (Å²) in [6.07, 6.45) is 4.86. The van der Waals surface area contributed by atoms with Crippen molar-refractivity contribution < 1.29 is 14.3 Å². The lowest BCUT2D eigenvalue weighted by Gasteiger charge is -2.09. The Labute approximate surface area is 166 Å². The molecular weight excluding hydrogens is 370 g/mol. The Morgan fingerprint density at radius 1 is 1.00 bits per heavy atom. The predicted molar refractivity (Wildman–Crippen MR) is 107 cm³/mol. The van der Waals surface area contributed by atoms with Crippen LogP contribution in [0.1, 0.15) is 10.4 Å². The van der Waals surface area contributed by atoms with Crippen molar-refractivity contribution in [1.82, 2.24) is 19.7 Å². The van der Waals surface area contributed by atoms with Crippen LogP contribution in [0.3, 0.4) is 0 Å². The van der Waals surface area contributed by atoms with Crippen LogP contribution in [0, 0.1) is 0 Å². The smallest absolute Gasteiger partial charge is 0.255 e. The lowest BCUT2D eigenvalue weighted by molar-refractivity contribution is 0.102. The predicted octanol–water partition coefficient (Wildman–Crippen LogP) is 3.72. The molecule has 0 aliphatic rings. The quantitative estimate of drug-likeness (QED) is 0.542. The molecule has 0 fully saturated rings. The Kier molecular flexibility index (Phi) is 5.15. The van der Waals surface area contributed by atoms with Crippen molar-refractivity contribution in [2.75, 3.05) is 12.4 Å². The van der Waals surface area contributed by atoms with Gasteiger partial charge in [0, 0.05) is 29.7 Å². The fourth-order valence-corrected chi connectivity index (χ4v) is 2.59. The van der Waals surface area contributed by atoms with E-state index in [-0.39, 0.29) is 5.91 Å². The summed E-state index contributed by atoms with van der Waals surface area (Å²) in [4.78, 5) is 20.6. The summed E-state index contributed by atoms with van der Waals surface area (Å²) in [7, 11) is 1.58. The molecule has 0 saturated heterocycles. The number of nitrogens with zero attached hydrogens (tertiary/aromatic N) is 4. The normalized spacial score (nSPS) is 10.4. The van der Waals surface area contributed by atoms with E-state index in [9.17, 15) is 4.79 Å². The zero-order chi connectivity index (χ0) is 20.1. The van der Waals surface area contributed by atoms with Crippen LogP contribution in [0.25, 0.3) is 5.82 Å². The van der Waals surface area contributed by atoms with Crippen LogP contribution < -0.4 is 14.8 Å². The number of carbonyl (C=O) groups excluding carboxylic acids is 1. The van der Waals surface area contributed by atoms with Crippen LogP contribution in [0.5, 0.6) is 17.4 Å². The summed E-state index contributed by atoms with van der Waals surface area (Å²) in [5.74, 6) is 2.06. The molecule has 144 valence electrons. The fourth-order valence-electron chi connectivity index (χ4n) is 2.59. The molecule has 8 nitrogen and oxygen atoms in total. The van der Waals surface area contributed by atoms with Gasteiger partial charge in [0.25, 0.3) is 5.91 Å². The molecule has 2 aromatic carbocycles. The van der Waals surface area contributed by atoms with Crippen molar-refractivity contribution in [3.05, 3.63) is 84.9 Å². The first-order valence-electron chi connectivity index (χ1n) is 8.77. The van der Waals surface area contributed by atoms with Gasteiger partial charge in [-0.2, -0.15) is 5.10 Å². The van der Waals surface area contributed by atoms with Gasteiger partial charge in [-0.05, 0) is 54.6 Å². The highest BCUT2D eigenvalue weighted by atomic mass is 16.5. The molecule has 0 saturated carbocycles. The van der Waals surface area contributed by atoms with E-state index in [0.717, 1.165) is 0 Å². The van der Waals surface area contributed by atoms with Crippen LogP contribution in [0.15, 0.2) is 79.4 Å². The van der Waals surface area contributed by atoms with Gasteiger partial charge < -0.3 is 14.8 Å². The molecule has 0 bridgehead atoms. The maximum atomic E-state index is 12.3. The van der Waals surface area contributed by atoms with E-state index in [1.165, 1.54) is 6.33 Å². The summed E-state index contributed by atoms with van der Waals surface area (Å²) in [6.45, 7) is 0. The zero-order valence-corrected chi connectivity index (χ0v) is 15.5. The van der Waals surface area contributed by atoms with Crippen molar-refractivity contribution >= 4 is 11.6 Å². The molecule has 4 aromatic rings. The summed E-state index contributed by atoms with van der Waals surface area (Å²) >= 11 is 0. The summed E-state index contributed by atoms with van der Waals surface area (Å²) in [6, 6.07) is 17.4. The Balaban J connectivity index is 1.41. The SMILES string of the molecule is COc1ccc(C(=O)Nc2ccc(Oc3cc(-n4cccn4)ncn3)cc2)cc1. The van der Waals surface area contributed by atoms with Gasteiger partial charge in [-0.1, -0.05) is 0 Å². The molecule has 0 aliphatic heterocycles. The highest BCUT2D eigenvalue weighted by molar-refractivity contribution is 6.04. The topological polar surface area (TPSA) is 91.2 Å². The van der Waals surface area contributed by atoms with Crippen molar-refractivity contribution in [2.45, 2.75) is 0 Å². The third-order valence-electron chi connectivity index (χ3n) is 4.05. The summed E-state index contributed by atoms with van der Waals surface area (Å²) in [5.41, 5.74) is 1.19. The van der Waals surface area contributed by atoms with Gasteiger partial charge in [-0.3, -0.25) is 4.79 Å². The van der Waals surface area contributed by atoms with Gasteiger partial charge in [0.15, 0.2) is 5.82 Å². The highest BCUT2D eigenvalue weighted by Gasteiger charge is 2.07. The molecule has 1 N–H and O–H groups in total. The lowest BCUT2D eigenvalue weighted by Crippen LogP contribution is -2.11. The number of benzene rings is 2. The van der Waals surface area contributed by atoms with E-state index in [2.05, 4.69) is 20.4 Å². The van der Waals surface area contributed by atoms with Crippen LogP contribution in [0.4, 0.5) is 5.69 Å². The molecule has 29 heavy (non-hydrogen) atoms. The van der Waals surface area contributed by atoms with Crippen molar-refractivity contribution in [2.24, 2.45) is 0 Å². The Morgan fingerprint density at radius 3 is 2.45 bits per heavy atom. The fraction of sp³-hybridized carbons (Fsp3) is 0.0476. The first kappa shape index (κ1) is 18.2. The minimum absolute atomic E-state index is 0.207. The van der Waals surface area contributed by atoms with Crippen molar-refractivity contribution in [3.8, 4) is 23.2 Å². The van der Waals surface area contributed by atoms with Crippen LogP contribution in [0.2, 0.25) is 0 Å². The number of methoxy groups -OCH3 is 1. The second-order valence-corrected chi connectivity index (χ2v) is 5.97. The monoisotopic (exact) mass is 387 g/mol. The van der Waals surface area contributed by atoms with E-state index < -0.39 is 0 Å². The van der Waals surface area contributed by atoms with E-state index in [1.54, 1.807) is 78.8 Å². The van der Waals surface area contributed by atoms with Gasteiger partial charge in [-0.25, -0.2) is 14.6 Å². The summed E-state index contributed by atoms with van der Waals surface area (Å²) in [5, 5.41) is 6.97. The third-order valence-corrected chi connectivity index (χ3v) is 4.05. The minimum atomic E-state index is -0.207. The van der Waals surface area contributed by atoms with Crippen LogP contribution in [-0.4, -0.2) is 32.8 Å². The first-order chi connectivity index (χ1) is 14.2. The number of hydrogen-bond acceptors (Lipinski definition) is 6. The van der Waals surface area contributed by atoms with Crippen LogP contribution >= 0.6 is 0 Å². The van der Waals surface area contributed by atoms with Crippen LogP contribution in [-0.2, 0) is 0 Å². The van der Waals surface area contributed by atoms with Gasteiger partial charge in [-0.15, -0.1) is 0 Å². The number of nitrogens with one attached hydrogen (secondary N) is 1. The molecular formula is C21H17N5O3. The van der Waals surface area contributed by atoms with E-state index >= 15 is 0 Å². The Bertz CT molecular complexity index is 1090. The van der Waals surface area contributed by atoms with E-state index in [0.29, 0.717) is 34.4 Å². The molecule has 2 heterocycles. The highest BCUT2D eigenvalue weighted by Crippen LogP contribution is 2.22. The molecule has 1 amide bonds. The molecule has 4 rings (SSSR count). The molecule has 0 atom stereocenters. The molecule has 8 heteroatoms. The number of amides is 1. The number of anilines is 1. The average molecular weight is 387 g/mol. The number of rotatable bonds is 6. The van der Waals surface area contributed by atoms with Gasteiger partial charge in [0.2, 0.25) is 5.88 Å². The van der Waals surface area contributed by atoms with Gasteiger partial charge >= 0.3 is 0 Å². The first-order valence-corrected chi connectivity index (χ1v) is 8.77. The maximum Gasteiger partial charge on any atom is 0.255 e. The molecule has 0 spiro atoms. The van der Waals surface area contributed by atoms with Crippen molar-refractivity contribution in [3.63, 3.8) is 0 Å². The van der Waals surface area contributed by atoms with Gasteiger partial charge in [0.1, 0.15) is 17.8 Å². The second kappa shape index (κ2) is 8.22. The zero-order valence-electron chi connectivity index (χ0n) is 15.5. The molecule has 0 radical (unpaired) electrons. The minimum Gasteiger partial charge on any atom is -0.497 e. The Morgan fingerprint density at radius 2 is 1.76 bits per heavy atom. The maximum absolute atomic E-state index is 12.3. The molecule has 2 aromatic heterocycles. The standard InChI is InChI=1S/C21H17N5O3/c1-28-17-7-3-15(4-8-17)21(27)25-16-5-9-18(10-6-16)29-20-13-19(22-14-23-20)26-12-2-11-24-26/h2-14H,1H3,(H,25,27). The number of aromatic nitrogens is 4. The Hall–Kier alpha value is -4.20. The number of hydrogen-bond donors (Lipinski definition) is 1. The molecule has 0 unspecified atom stereocenters. The van der Waals surface area contributed by atoms with E-state index in [4.69, 9.17) is 9.47 Å². The summed E-state index contributed by atoms with van der Waals surface area (Å²) < 4.78 is 12.5.